The number of hydrogen-bond acceptors (Lipinski definition) is 5. The third kappa shape index (κ3) is 9.00. The highest BCUT2D eigenvalue weighted by atomic mass is 16.5. The fraction of sp³-hybridized carbons (Fsp3) is 0.406. The minimum Gasteiger partial charge on any atom is -0.497 e. The van der Waals surface area contributed by atoms with Gasteiger partial charge in [-0.25, -0.2) is 0 Å². The van der Waals surface area contributed by atoms with Crippen molar-refractivity contribution in [1.29, 1.82) is 0 Å². The van der Waals surface area contributed by atoms with Gasteiger partial charge in [0, 0.05) is 37.4 Å². The Hall–Kier alpha value is -4.07. The molecule has 1 aromatic heterocycles. The smallest absolute Gasteiger partial charge is 0.306 e. The topological polar surface area (TPSA) is 81.1 Å². The predicted molar refractivity (Wildman–Crippen MR) is 155 cm³/mol. The van der Waals surface area contributed by atoms with Gasteiger partial charge in [-0.15, -0.1) is 0 Å². The second-order valence-corrected chi connectivity index (χ2v) is 9.80. The Balaban J connectivity index is 1.80. The molecule has 0 aliphatic carbocycles. The molecule has 0 aliphatic heterocycles. The number of carbonyl (C=O) groups excluding carboxylic acids is 3. The van der Waals surface area contributed by atoms with Crippen molar-refractivity contribution in [2.45, 2.75) is 65.7 Å². The summed E-state index contributed by atoms with van der Waals surface area (Å²) in [6, 6.07) is 21.6. The number of aromatic nitrogens is 1. The number of nitrogens with zero attached hydrogens (tertiary/aromatic N) is 3. The molecule has 1 heterocycles. The van der Waals surface area contributed by atoms with E-state index in [2.05, 4.69) is 4.57 Å². The van der Waals surface area contributed by atoms with E-state index in [4.69, 9.17) is 9.47 Å². The molecular formula is C32H41N3O5. The van der Waals surface area contributed by atoms with E-state index in [0.717, 1.165) is 22.6 Å². The van der Waals surface area contributed by atoms with Gasteiger partial charge in [0.05, 0.1) is 26.7 Å². The van der Waals surface area contributed by atoms with E-state index in [-0.39, 0.29) is 43.8 Å². The lowest BCUT2D eigenvalue weighted by Gasteiger charge is -2.31. The highest BCUT2D eigenvalue weighted by Crippen LogP contribution is 2.18. The molecule has 214 valence electrons. The molecule has 0 bridgehead atoms. The maximum absolute atomic E-state index is 13.8. The molecular weight excluding hydrogens is 506 g/mol. The second-order valence-electron chi connectivity index (χ2n) is 9.80. The summed E-state index contributed by atoms with van der Waals surface area (Å²) in [5, 5.41) is 0. The highest BCUT2D eigenvalue weighted by Gasteiger charge is 2.26. The predicted octanol–water partition coefficient (Wildman–Crippen LogP) is 5.04. The summed E-state index contributed by atoms with van der Waals surface area (Å²) in [4.78, 5) is 42.2. The molecule has 0 saturated carbocycles. The number of hydrogen-bond donors (Lipinski definition) is 0. The Morgan fingerprint density at radius 1 is 0.875 bits per heavy atom. The molecule has 1 atom stereocenters. The summed E-state index contributed by atoms with van der Waals surface area (Å²) in [5.74, 6) is 0.0122. The van der Waals surface area contributed by atoms with Crippen molar-refractivity contribution in [2.24, 2.45) is 0 Å². The molecule has 0 N–H and O–H groups in total. The molecule has 40 heavy (non-hydrogen) atoms. The molecule has 3 aromatic rings. The van der Waals surface area contributed by atoms with Crippen molar-refractivity contribution in [1.82, 2.24) is 14.4 Å². The third-order valence-electron chi connectivity index (χ3n) is 6.93. The average molecular weight is 548 g/mol. The van der Waals surface area contributed by atoms with E-state index in [1.54, 1.807) is 23.8 Å². The first-order chi connectivity index (χ1) is 19.3. The van der Waals surface area contributed by atoms with Gasteiger partial charge in [-0.2, -0.15) is 0 Å². The van der Waals surface area contributed by atoms with Crippen LogP contribution in [-0.2, 0) is 38.8 Å². The Morgan fingerprint density at radius 2 is 1.62 bits per heavy atom. The Bertz CT molecular complexity index is 1240. The van der Waals surface area contributed by atoms with Gasteiger partial charge >= 0.3 is 5.97 Å². The van der Waals surface area contributed by atoms with Gasteiger partial charge in [0.25, 0.3) is 0 Å². The molecule has 0 radical (unpaired) electrons. The zero-order valence-corrected chi connectivity index (χ0v) is 24.0. The normalized spacial score (nSPS) is 11.5. The van der Waals surface area contributed by atoms with Crippen molar-refractivity contribution >= 4 is 17.8 Å². The molecule has 0 fully saturated rings. The van der Waals surface area contributed by atoms with Crippen LogP contribution in [0.3, 0.4) is 0 Å². The first-order valence-corrected chi connectivity index (χ1v) is 13.9. The second kappa shape index (κ2) is 15.5. The number of benzene rings is 2. The zero-order valence-electron chi connectivity index (χ0n) is 24.0. The van der Waals surface area contributed by atoms with E-state index >= 15 is 0 Å². The molecule has 8 heteroatoms. The quantitative estimate of drug-likeness (QED) is 0.249. The standard InChI is InChI=1S/C32H41N3O5/c1-5-25(3)35(30(36)17-18-32(38)40-6-2)24-31(37)34(21-26-12-8-7-9-13-26)23-28-15-11-19-33(28)22-27-14-10-16-29(20-27)39-4/h7-16,19-20,25H,5-6,17-18,21-24H2,1-4H3/t25-/m1/s1. The van der Waals surface area contributed by atoms with Crippen molar-refractivity contribution in [2.75, 3.05) is 20.3 Å². The molecule has 8 nitrogen and oxygen atoms in total. The maximum Gasteiger partial charge on any atom is 0.306 e. The van der Waals surface area contributed by atoms with Crippen LogP contribution in [0.4, 0.5) is 0 Å². The molecule has 0 saturated heterocycles. The van der Waals surface area contributed by atoms with Gasteiger partial charge in [-0.3, -0.25) is 14.4 Å². The van der Waals surface area contributed by atoms with Crippen LogP contribution in [0.1, 0.15) is 56.9 Å². The monoisotopic (exact) mass is 547 g/mol. The summed E-state index contributed by atoms with van der Waals surface area (Å²) in [6.45, 7) is 7.29. The van der Waals surface area contributed by atoms with Crippen LogP contribution in [0, 0.1) is 0 Å². The van der Waals surface area contributed by atoms with E-state index < -0.39 is 5.97 Å². The lowest BCUT2D eigenvalue weighted by atomic mass is 10.1. The van der Waals surface area contributed by atoms with Gasteiger partial charge in [0.1, 0.15) is 12.3 Å². The largest absolute Gasteiger partial charge is 0.497 e. The molecule has 0 unspecified atom stereocenters. The van der Waals surface area contributed by atoms with Gasteiger partial charge < -0.3 is 23.8 Å². The van der Waals surface area contributed by atoms with Gasteiger partial charge in [0.15, 0.2) is 0 Å². The Morgan fingerprint density at radius 3 is 2.33 bits per heavy atom. The first kappa shape index (κ1) is 30.5. The van der Waals surface area contributed by atoms with Gasteiger partial charge in [-0.05, 0) is 55.7 Å². The minimum absolute atomic E-state index is 0.000680. The molecule has 0 spiro atoms. The summed E-state index contributed by atoms with van der Waals surface area (Å²) >= 11 is 0. The number of esters is 1. The number of carbonyl (C=O) groups is 3. The number of rotatable bonds is 15. The number of methoxy groups -OCH3 is 1. The third-order valence-corrected chi connectivity index (χ3v) is 6.93. The molecule has 0 aliphatic rings. The van der Waals surface area contributed by atoms with Crippen LogP contribution in [-0.4, -0.2) is 58.5 Å². The summed E-state index contributed by atoms with van der Waals surface area (Å²) < 4.78 is 12.5. The summed E-state index contributed by atoms with van der Waals surface area (Å²) in [5.41, 5.74) is 3.08. The minimum atomic E-state index is -0.409. The summed E-state index contributed by atoms with van der Waals surface area (Å²) in [6.07, 6.45) is 2.71. The van der Waals surface area contributed by atoms with Crippen molar-refractivity contribution in [3.8, 4) is 5.75 Å². The average Bonchev–Trinajstić information content (AvgIpc) is 3.40. The fourth-order valence-corrected chi connectivity index (χ4v) is 4.49. The van der Waals surface area contributed by atoms with E-state index in [9.17, 15) is 14.4 Å². The van der Waals surface area contributed by atoms with Crippen molar-refractivity contribution < 1.29 is 23.9 Å². The van der Waals surface area contributed by atoms with Crippen LogP contribution in [0.25, 0.3) is 0 Å². The SMILES string of the molecule is CCOC(=O)CCC(=O)N(CC(=O)N(Cc1ccccc1)Cc1cccn1Cc1cccc(OC)c1)[C@H](C)CC. The number of ether oxygens (including phenoxy) is 2. The Labute approximate surface area is 237 Å². The molecule has 3 rings (SSSR count). The maximum atomic E-state index is 13.8. The highest BCUT2D eigenvalue weighted by molar-refractivity contribution is 5.86. The lowest BCUT2D eigenvalue weighted by Crippen LogP contribution is -2.46. The van der Waals surface area contributed by atoms with Gasteiger partial charge in [0.2, 0.25) is 11.8 Å². The van der Waals surface area contributed by atoms with Crippen LogP contribution in [0.5, 0.6) is 5.75 Å². The zero-order chi connectivity index (χ0) is 28.9. The van der Waals surface area contributed by atoms with Crippen LogP contribution in [0.15, 0.2) is 72.9 Å². The Kier molecular flexibility index (Phi) is 11.8. The van der Waals surface area contributed by atoms with Gasteiger partial charge in [-0.1, -0.05) is 49.4 Å². The van der Waals surface area contributed by atoms with Crippen molar-refractivity contribution in [3.63, 3.8) is 0 Å². The lowest BCUT2D eigenvalue weighted by molar-refractivity contribution is -0.147. The van der Waals surface area contributed by atoms with E-state index in [1.165, 1.54) is 0 Å². The van der Waals surface area contributed by atoms with E-state index in [0.29, 0.717) is 26.1 Å². The molecule has 2 aromatic carbocycles. The number of amides is 2. The van der Waals surface area contributed by atoms with Crippen molar-refractivity contribution in [3.05, 3.63) is 89.7 Å². The van der Waals surface area contributed by atoms with Crippen LogP contribution >= 0.6 is 0 Å². The van der Waals surface area contributed by atoms with Crippen LogP contribution in [0.2, 0.25) is 0 Å². The fourth-order valence-electron chi connectivity index (χ4n) is 4.49. The van der Waals surface area contributed by atoms with E-state index in [1.807, 2.05) is 86.8 Å². The first-order valence-electron chi connectivity index (χ1n) is 13.9. The summed E-state index contributed by atoms with van der Waals surface area (Å²) in [7, 11) is 1.65. The molecule has 2 amide bonds. The van der Waals surface area contributed by atoms with Crippen LogP contribution < -0.4 is 4.74 Å².